The SMILES string of the molecule is CC(C)(C)c1ccc(OC(N)=O)nc1. The molecule has 1 rings (SSSR count). The van der Waals surface area contributed by atoms with Crippen LogP contribution in [0.1, 0.15) is 26.3 Å². The van der Waals surface area contributed by atoms with Crippen LogP contribution >= 0.6 is 0 Å². The van der Waals surface area contributed by atoms with Crippen LogP contribution in [-0.2, 0) is 5.41 Å². The van der Waals surface area contributed by atoms with Crippen LogP contribution < -0.4 is 10.5 Å². The van der Waals surface area contributed by atoms with Gasteiger partial charge in [-0.2, -0.15) is 0 Å². The van der Waals surface area contributed by atoms with E-state index in [0.29, 0.717) is 0 Å². The van der Waals surface area contributed by atoms with Gasteiger partial charge in [-0.3, -0.25) is 0 Å². The minimum absolute atomic E-state index is 0.0399. The standard InChI is InChI=1S/C10H14N2O2/c1-10(2,3)7-4-5-8(12-6-7)14-9(11)13/h4-6H,1-3H3,(H2,11,13). The topological polar surface area (TPSA) is 65.2 Å². The molecule has 0 unspecified atom stereocenters. The van der Waals surface area contributed by atoms with Crippen molar-refractivity contribution in [3.8, 4) is 5.88 Å². The molecule has 0 aliphatic rings. The lowest BCUT2D eigenvalue weighted by molar-refractivity contribution is 0.209. The molecule has 4 nitrogen and oxygen atoms in total. The molecule has 0 radical (unpaired) electrons. The molecule has 0 saturated carbocycles. The minimum atomic E-state index is -0.846. The fourth-order valence-electron chi connectivity index (χ4n) is 0.987. The molecule has 0 spiro atoms. The van der Waals surface area contributed by atoms with Crippen molar-refractivity contribution in [2.24, 2.45) is 5.73 Å². The lowest BCUT2D eigenvalue weighted by atomic mass is 9.88. The molecular weight excluding hydrogens is 180 g/mol. The van der Waals surface area contributed by atoms with Crippen molar-refractivity contribution in [1.29, 1.82) is 0 Å². The van der Waals surface area contributed by atoms with Crippen molar-refractivity contribution < 1.29 is 9.53 Å². The third-order valence-electron chi connectivity index (χ3n) is 1.81. The predicted molar refractivity (Wildman–Crippen MR) is 53.1 cm³/mol. The Morgan fingerprint density at radius 3 is 2.43 bits per heavy atom. The second kappa shape index (κ2) is 3.65. The van der Waals surface area contributed by atoms with Gasteiger partial charge in [-0.05, 0) is 11.0 Å². The predicted octanol–water partition coefficient (Wildman–Crippen LogP) is 1.84. The number of hydrogen-bond donors (Lipinski definition) is 1. The van der Waals surface area contributed by atoms with Crippen molar-refractivity contribution in [2.45, 2.75) is 26.2 Å². The summed E-state index contributed by atoms with van der Waals surface area (Å²) >= 11 is 0. The first-order chi connectivity index (χ1) is 6.39. The average Bonchev–Trinajstić information content (AvgIpc) is 2.02. The van der Waals surface area contributed by atoms with Crippen molar-refractivity contribution in [3.63, 3.8) is 0 Å². The van der Waals surface area contributed by atoms with Crippen LogP contribution in [0.4, 0.5) is 4.79 Å². The Morgan fingerprint density at radius 1 is 1.43 bits per heavy atom. The first-order valence-electron chi connectivity index (χ1n) is 4.33. The van der Waals surface area contributed by atoms with Gasteiger partial charge in [0, 0.05) is 12.3 Å². The summed E-state index contributed by atoms with van der Waals surface area (Å²) in [5.41, 5.74) is 5.97. The Hall–Kier alpha value is -1.58. The fraction of sp³-hybridized carbons (Fsp3) is 0.400. The van der Waals surface area contributed by atoms with Crippen LogP contribution in [0, 0.1) is 0 Å². The molecule has 1 aromatic rings. The molecule has 1 heterocycles. The third-order valence-corrected chi connectivity index (χ3v) is 1.81. The van der Waals surface area contributed by atoms with E-state index < -0.39 is 6.09 Å². The number of aromatic nitrogens is 1. The van der Waals surface area contributed by atoms with Crippen LogP contribution in [0.25, 0.3) is 0 Å². The zero-order valence-electron chi connectivity index (χ0n) is 8.57. The summed E-state index contributed by atoms with van der Waals surface area (Å²) < 4.78 is 4.61. The number of amides is 1. The summed E-state index contributed by atoms with van der Waals surface area (Å²) in [7, 11) is 0. The number of nitrogens with zero attached hydrogens (tertiary/aromatic N) is 1. The molecule has 0 aliphatic carbocycles. The maximum atomic E-state index is 10.4. The average molecular weight is 194 g/mol. The Morgan fingerprint density at radius 2 is 2.07 bits per heavy atom. The third kappa shape index (κ3) is 2.73. The van der Waals surface area contributed by atoms with Crippen molar-refractivity contribution >= 4 is 6.09 Å². The van der Waals surface area contributed by atoms with Crippen LogP contribution in [0.15, 0.2) is 18.3 Å². The zero-order valence-corrected chi connectivity index (χ0v) is 8.57. The van der Waals surface area contributed by atoms with Crippen molar-refractivity contribution in [3.05, 3.63) is 23.9 Å². The molecule has 1 aromatic heterocycles. The molecular formula is C10H14N2O2. The number of carbonyl (C=O) groups excluding carboxylic acids is 1. The number of carbonyl (C=O) groups is 1. The Balaban J connectivity index is 2.84. The van der Waals surface area contributed by atoms with Crippen LogP contribution in [0.5, 0.6) is 5.88 Å². The van der Waals surface area contributed by atoms with E-state index in [1.165, 1.54) is 0 Å². The molecule has 76 valence electrons. The van der Waals surface area contributed by atoms with E-state index in [2.05, 4.69) is 30.5 Å². The second-order valence-corrected chi connectivity index (χ2v) is 4.06. The quantitative estimate of drug-likeness (QED) is 0.741. The normalized spacial score (nSPS) is 11.1. The summed E-state index contributed by atoms with van der Waals surface area (Å²) in [6.45, 7) is 6.25. The van der Waals surface area contributed by atoms with Crippen LogP contribution in [0.3, 0.4) is 0 Å². The lowest BCUT2D eigenvalue weighted by Gasteiger charge is -2.18. The van der Waals surface area contributed by atoms with Gasteiger partial charge >= 0.3 is 6.09 Å². The monoisotopic (exact) mass is 194 g/mol. The Kier molecular flexibility index (Phi) is 2.74. The summed E-state index contributed by atoms with van der Waals surface area (Å²) in [6, 6.07) is 3.50. The summed E-state index contributed by atoms with van der Waals surface area (Å²) in [5.74, 6) is 0.227. The van der Waals surface area contributed by atoms with Gasteiger partial charge in [0.15, 0.2) is 0 Å². The van der Waals surface area contributed by atoms with E-state index in [9.17, 15) is 4.79 Å². The maximum Gasteiger partial charge on any atom is 0.411 e. The molecule has 0 fully saturated rings. The Bertz CT molecular complexity index is 325. The largest absolute Gasteiger partial charge is 0.411 e. The van der Waals surface area contributed by atoms with E-state index in [0.717, 1.165) is 5.56 Å². The molecule has 4 heteroatoms. The highest BCUT2D eigenvalue weighted by Gasteiger charge is 2.13. The van der Waals surface area contributed by atoms with Crippen molar-refractivity contribution in [1.82, 2.24) is 4.98 Å². The second-order valence-electron chi connectivity index (χ2n) is 4.06. The van der Waals surface area contributed by atoms with Crippen molar-refractivity contribution in [2.75, 3.05) is 0 Å². The summed E-state index contributed by atoms with van der Waals surface area (Å²) in [5, 5.41) is 0. The molecule has 14 heavy (non-hydrogen) atoms. The number of ether oxygens (including phenoxy) is 1. The smallest absolute Gasteiger partial charge is 0.391 e. The maximum absolute atomic E-state index is 10.4. The molecule has 0 atom stereocenters. The first-order valence-corrected chi connectivity index (χ1v) is 4.33. The van der Waals surface area contributed by atoms with Gasteiger partial charge < -0.3 is 10.5 Å². The highest BCUT2D eigenvalue weighted by molar-refractivity contribution is 5.67. The minimum Gasteiger partial charge on any atom is -0.391 e. The fourth-order valence-corrected chi connectivity index (χ4v) is 0.987. The molecule has 0 saturated heterocycles. The highest BCUT2D eigenvalue weighted by Crippen LogP contribution is 2.22. The number of hydrogen-bond acceptors (Lipinski definition) is 3. The van der Waals surface area contributed by atoms with E-state index in [4.69, 9.17) is 5.73 Å². The van der Waals surface area contributed by atoms with Gasteiger partial charge in [-0.1, -0.05) is 26.8 Å². The van der Waals surface area contributed by atoms with Crippen LogP contribution in [-0.4, -0.2) is 11.1 Å². The summed E-state index contributed by atoms with van der Waals surface area (Å²) in [4.78, 5) is 14.4. The van der Waals surface area contributed by atoms with E-state index in [-0.39, 0.29) is 11.3 Å². The molecule has 2 N–H and O–H groups in total. The Labute approximate surface area is 83.1 Å². The molecule has 1 amide bonds. The molecule has 0 aromatic carbocycles. The van der Waals surface area contributed by atoms with Gasteiger partial charge in [0.25, 0.3) is 0 Å². The molecule has 0 aliphatic heterocycles. The van der Waals surface area contributed by atoms with E-state index in [1.54, 1.807) is 12.3 Å². The van der Waals surface area contributed by atoms with Gasteiger partial charge in [0.1, 0.15) is 0 Å². The van der Waals surface area contributed by atoms with Crippen LogP contribution in [0.2, 0.25) is 0 Å². The zero-order chi connectivity index (χ0) is 10.8. The first kappa shape index (κ1) is 10.5. The summed E-state index contributed by atoms with van der Waals surface area (Å²) in [6.07, 6.45) is 0.833. The lowest BCUT2D eigenvalue weighted by Crippen LogP contribution is -2.17. The van der Waals surface area contributed by atoms with Gasteiger partial charge in [-0.15, -0.1) is 0 Å². The van der Waals surface area contributed by atoms with Gasteiger partial charge in [0.2, 0.25) is 5.88 Å². The number of nitrogens with two attached hydrogens (primary N) is 1. The number of primary amides is 1. The van der Waals surface area contributed by atoms with E-state index in [1.807, 2.05) is 6.07 Å². The van der Waals surface area contributed by atoms with Gasteiger partial charge in [0.05, 0.1) is 0 Å². The highest BCUT2D eigenvalue weighted by atomic mass is 16.6. The number of rotatable bonds is 1. The molecule has 0 bridgehead atoms. The van der Waals surface area contributed by atoms with E-state index >= 15 is 0 Å². The van der Waals surface area contributed by atoms with Gasteiger partial charge in [-0.25, -0.2) is 9.78 Å². The number of pyridine rings is 1.